The summed E-state index contributed by atoms with van der Waals surface area (Å²) in [6.07, 6.45) is 2.64. The van der Waals surface area contributed by atoms with E-state index in [0.717, 1.165) is 18.7 Å². The van der Waals surface area contributed by atoms with Crippen molar-refractivity contribution in [1.29, 1.82) is 0 Å². The van der Waals surface area contributed by atoms with Crippen molar-refractivity contribution >= 4 is 17.4 Å². The van der Waals surface area contributed by atoms with Crippen molar-refractivity contribution in [3.8, 4) is 0 Å². The lowest BCUT2D eigenvalue weighted by Crippen LogP contribution is -2.37. The highest BCUT2D eigenvalue weighted by Gasteiger charge is 2.24. The molecular weight excluding hydrogens is 224 g/mol. The largest absolute Gasteiger partial charge is 0.375 e. The summed E-state index contributed by atoms with van der Waals surface area (Å²) >= 11 is 5.84. The standard InChI is InChI=1S/C12H17ClN2O/c1-8-6-10(7-9(2)16-8)14-12-5-3-4-11(13)15-12/h3-5,8-10H,6-7H2,1-2H3,(H,14,15). The van der Waals surface area contributed by atoms with Gasteiger partial charge < -0.3 is 10.1 Å². The predicted octanol–water partition coefficient (Wildman–Crippen LogP) is 3.10. The first-order chi connectivity index (χ1) is 7.63. The van der Waals surface area contributed by atoms with Gasteiger partial charge in [0.05, 0.1) is 12.2 Å². The van der Waals surface area contributed by atoms with Crippen molar-refractivity contribution in [2.45, 2.75) is 44.9 Å². The number of pyridine rings is 1. The van der Waals surface area contributed by atoms with E-state index in [1.807, 2.05) is 12.1 Å². The third-order valence-electron chi connectivity index (χ3n) is 2.76. The van der Waals surface area contributed by atoms with Crippen LogP contribution in [0.5, 0.6) is 0 Å². The number of hydrogen-bond acceptors (Lipinski definition) is 3. The lowest BCUT2D eigenvalue weighted by molar-refractivity contribution is -0.0338. The average molecular weight is 241 g/mol. The van der Waals surface area contributed by atoms with Crippen molar-refractivity contribution in [2.24, 2.45) is 0 Å². The van der Waals surface area contributed by atoms with Crippen LogP contribution in [0, 0.1) is 0 Å². The second-order valence-corrected chi connectivity index (χ2v) is 4.80. The number of halogens is 1. The van der Waals surface area contributed by atoms with Gasteiger partial charge in [-0.15, -0.1) is 0 Å². The van der Waals surface area contributed by atoms with Crippen molar-refractivity contribution in [3.05, 3.63) is 23.4 Å². The van der Waals surface area contributed by atoms with E-state index in [1.165, 1.54) is 0 Å². The van der Waals surface area contributed by atoms with Gasteiger partial charge in [0.1, 0.15) is 11.0 Å². The number of anilines is 1. The molecule has 2 rings (SSSR count). The van der Waals surface area contributed by atoms with Crippen LogP contribution < -0.4 is 5.32 Å². The Labute approximate surface area is 101 Å². The van der Waals surface area contributed by atoms with Crippen LogP contribution in [-0.2, 0) is 4.74 Å². The molecule has 1 aliphatic heterocycles. The van der Waals surface area contributed by atoms with E-state index in [1.54, 1.807) is 6.07 Å². The molecule has 16 heavy (non-hydrogen) atoms. The molecule has 88 valence electrons. The van der Waals surface area contributed by atoms with Gasteiger partial charge in [-0.05, 0) is 38.8 Å². The van der Waals surface area contributed by atoms with Gasteiger partial charge >= 0.3 is 0 Å². The van der Waals surface area contributed by atoms with Crippen molar-refractivity contribution < 1.29 is 4.74 Å². The molecule has 2 heterocycles. The molecule has 0 spiro atoms. The van der Waals surface area contributed by atoms with Gasteiger partial charge in [-0.1, -0.05) is 17.7 Å². The summed E-state index contributed by atoms with van der Waals surface area (Å²) in [5.74, 6) is 0.846. The normalized spacial score (nSPS) is 30.1. The Morgan fingerprint density at radius 3 is 2.62 bits per heavy atom. The zero-order valence-corrected chi connectivity index (χ0v) is 10.4. The number of ether oxygens (including phenoxy) is 1. The Bertz CT molecular complexity index is 349. The first-order valence-corrected chi connectivity index (χ1v) is 6.06. The molecule has 1 aromatic rings. The van der Waals surface area contributed by atoms with E-state index in [-0.39, 0.29) is 0 Å². The summed E-state index contributed by atoms with van der Waals surface area (Å²) in [4.78, 5) is 4.23. The summed E-state index contributed by atoms with van der Waals surface area (Å²) < 4.78 is 5.69. The van der Waals surface area contributed by atoms with Crippen LogP contribution in [0.1, 0.15) is 26.7 Å². The van der Waals surface area contributed by atoms with E-state index in [9.17, 15) is 0 Å². The Morgan fingerprint density at radius 2 is 2.00 bits per heavy atom. The third-order valence-corrected chi connectivity index (χ3v) is 2.98. The van der Waals surface area contributed by atoms with Crippen LogP contribution in [-0.4, -0.2) is 23.2 Å². The quantitative estimate of drug-likeness (QED) is 0.807. The minimum atomic E-state index is 0.306. The fourth-order valence-electron chi connectivity index (χ4n) is 2.22. The number of nitrogens with one attached hydrogen (secondary N) is 1. The molecule has 2 unspecified atom stereocenters. The van der Waals surface area contributed by atoms with Gasteiger partial charge in [-0.25, -0.2) is 4.98 Å². The highest BCUT2D eigenvalue weighted by atomic mass is 35.5. The molecule has 2 atom stereocenters. The topological polar surface area (TPSA) is 34.2 Å². The molecule has 0 aromatic carbocycles. The minimum Gasteiger partial charge on any atom is -0.375 e. The zero-order valence-electron chi connectivity index (χ0n) is 9.61. The highest BCUT2D eigenvalue weighted by Crippen LogP contribution is 2.22. The van der Waals surface area contributed by atoms with E-state index >= 15 is 0 Å². The second kappa shape index (κ2) is 5.02. The summed E-state index contributed by atoms with van der Waals surface area (Å²) in [6.45, 7) is 4.21. The maximum atomic E-state index is 5.84. The molecule has 1 saturated heterocycles. The van der Waals surface area contributed by atoms with Gasteiger partial charge in [0, 0.05) is 6.04 Å². The van der Waals surface area contributed by atoms with Gasteiger partial charge in [0.2, 0.25) is 0 Å². The summed E-state index contributed by atoms with van der Waals surface area (Å²) in [5, 5.41) is 3.93. The Hall–Kier alpha value is -0.800. The van der Waals surface area contributed by atoms with Crippen molar-refractivity contribution in [3.63, 3.8) is 0 Å². The smallest absolute Gasteiger partial charge is 0.131 e. The van der Waals surface area contributed by atoms with Crippen LogP contribution in [0.25, 0.3) is 0 Å². The third kappa shape index (κ3) is 3.09. The first-order valence-electron chi connectivity index (χ1n) is 5.68. The monoisotopic (exact) mass is 240 g/mol. The van der Waals surface area contributed by atoms with Gasteiger partial charge in [0.25, 0.3) is 0 Å². The molecule has 0 bridgehead atoms. The molecule has 4 heteroatoms. The molecule has 0 radical (unpaired) electrons. The number of hydrogen-bond donors (Lipinski definition) is 1. The molecular formula is C12H17ClN2O. The highest BCUT2D eigenvalue weighted by molar-refractivity contribution is 6.29. The number of aromatic nitrogens is 1. The zero-order chi connectivity index (χ0) is 11.5. The van der Waals surface area contributed by atoms with Crippen LogP contribution in [0.3, 0.4) is 0 Å². The lowest BCUT2D eigenvalue weighted by Gasteiger charge is -2.32. The molecule has 0 saturated carbocycles. The van der Waals surface area contributed by atoms with Crippen LogP contribution in [0.15, 0.2) is 18.2 Å². The molecule has 3 nitrogen and oxygen atoms in total. The van der Waals surface area contributed by atoms with Crippen LogP contribution in [0.4, 0.5) is 5.82 Å². The van der Waals surface area contributed by atoms with Crippen LogP contribution >= 0.6 is 11.6 Å². The van der Waals surface area contributed by atoms with Crippen LogP contribution in [0.2, 0.25) is 5.15 Å². The molecule has 1 fully saturated rings. The maximum Gasteiger partial charge on any atom is 0.131 e. The molecule has 0 amide bonds. The molecule has 1 aromatic heterocycles. The Morgan fingerprint density at radius 1 is 1.31 bits per heavy atom. The Kier molecular flexibility index (Phi) is 3.66. The fourth-order valence-corrected chi connectivity index (χ4v) is 2.38. The van der Waals surface area contributed by atoms with E-state index in [0.29, 0.717) is 23.4 Å². The lowest BCUT2D eigenvalue weighted by atomic mass is 10.00. The van der Waals surface area contributed by atoms with E-state index in [2.05, 4.69) is 24.1 Å². The van der Waals surface area contributed by atoms with E-state index < -0.39 is 0 Å². The predicted molar refractivity (Wildman–Crippen MR) is 65.9 cm³/mol. The SMILES string of the molecule is CC1CC(Nc2cccc(Cl)n2)CC(C)O1. The number of rotatable bonds is 2. The second-order valence-electron chi connectivity index (χ2n) is 4.42. The Balaban J connectivity index is 1.98. The average Bonchev–Trinajstić information content (AvgIpc) is 2.15. The van der Waals surface area contributed by atoms with E-state index in [4.69, 9.17) is 16.3 Å². The molecule has 1 N–H and O–H groups in total. The molecule has 0 aliphatic carbocycles. The maximum absolute atomic E-state index is 5.84. The van der Waals surface area contributed by atoms with Gasteiger partial charge in [-0.3, -0.25) is 0 Å². The summed E-state index contributed by atoms with van der Waals surface area (Å²) in [7, 11) is 0. The minimum absolute atomic E-state index is 0.306. The number of nitrogens with zero attached hydrogens (tertiary/aromatic N) is 1. The van der Waals surface area contributed by atoms with Gasteiger partial charge in [0.15, 0.2) is 0 Å². The van der Waals surface area contributed by atoms with Crippen molar-refractivity contribution in [2.75, 3.05) is 5.32 Å². The van der Waals surface area contributed by atoms with Gasteiger partial charge in [-0.2, -0.15) is 0 Å². The first kappa shape index (κ1) is 11.7. The summed E-state index contributed by atoms with van der Waals surface area (Å²) in [6, 6.07) is 6.05. The summed E-state index contributed by atoms with van der Waals surface area (Å²) in [5.41, 5.74) is 0. The fraction of sp³-hybridized carbons (Fsp3) is 0.583. The van der Waals surface area contributed by atoms with Crippen molar-refractivity contribution in [1.82, 2.24) is 4.98 Å². The molecule has 1 aliphatic rings.